The zero-order valence-electron chi connectivity index (χ0n) is 10.4. The van der Waals surface area contributed by atoms with Crippen LogP contribution in [-0.4, -0.2) is 43.1 Å². The standard InChI is InChI=1S/C11H20N4O2/c1-3-17-7-6-15-11(16)8-10(9-14-15)13-5-4-12-2/h8-9,12-13H,3-7H2,1-2H3. The van der Waals surface area contributed by atoms with Gasteiger partial charge in [-0.3, -0.25) is 4.79 Å². The Morgan fingerprint density at radius 2 is 2.29 bits per heavy atom. The molecule has 0 aromatic carbocycles. The minimum atomic E-state index is -0.112. The molecular weight excluding hydrogens is 220 g/mol. The van der Waals surface area contributed by atoms with Gasteiger partial charge >= 0.3 is 0 Å². The molecule has 0 spiro atoms. The molecule has 0 radical (unpaired) electrons. The first-order valence-corrected chi connectivity index (χ1v) is 5.81. The van der Waals surface area contributed by atoms with E-state index in [0.717, 1.165) is 18.8 Å². The molecule has 17 heavy (non-hydrogen) atoms. The summed E-state index contributed by atoms with van der Waals surface area (Å²) in [6.07, 6.45) is 1.66. The van der Waals surface area contributed by atoms with Crippen LogP contribution in [0.4, 0.5) is 5.69 Å². The van der Waals surface area contributed by atoms with Gasteiger partial charge in [-0.1, -0.05) is 0 Å². The van der Waals surface area contributed by atoms with Crippen LogP contribution in [-0.2, 0) is 11.3 Å². The van der Waals surface area contributed by atoms with Crippen molar-refractivity contribution in [1.82, 2.24) is 15.1 Å². The van der Waals surface area contributed by atoms with E-state index < -0.39 is 0 Å². The predicted molar refractivity (Wildman–Crippen MR) is 67.4 cm³/mol. The van der Waals surface area contributed by atoms with E-state index in [9.17, 15) is 4.79 Å². The molecule has 0 aliphatic heterocycles. The molecule has 1 aromatic rings. The number of nitrogens with zero attached hydrogens (tertiary/aromatic N) is 2. The Labute approximate surface area is 101 Å². The van der Waals surface area contributed by atoms with Crippen LogP contribution in [0, 0.1) is 0 Å². The molecule has 2 N–H and O–H groups in total. The van der Waals surface area contributed by atoms with Crippen molar-refractivity contribution < 1.29 is 4.74 Å². The van der Waals surface area contributed by atoms with Gasteiger partial charge in [-0.05, 0) is 14.0 Å². The maximum atomic E-state index is 11.7. The molecule has 0 saturated heterocycles. The highest BCUT2D eigenvalue weighted by Crippen LogP contribution is 1.98. The quantitative estimate of drug-likeness (QED) is 0.622. The summed E-state index contributed by atoms with van der Waals surface area (Å²) in [5.41, 5.74) is 0.636. The van der Waals surface area contributed by atoms with Crippen LogP contribution < -0.4 is 16.2 Å². The Morgan fingerprint density at radius 3 is 2.94 bits per heavy atom. The van der Waals surface area contributed by atoms with Gasteiger partial charge < -0.3 is 15.4 Å². The average molecular weight is 240 g/mol. The van der Waals surface area contributed by atoms with Crippen LogP contribution in [0.2, 0.25) is 0 Å². The second-order valence-electron chi connectivity index (χ2n) is 3.53. The first-order chi connectivity index (χ1) is 8.27. The van der Waals surface area contributed by atoms with Crippen molar-refractivity contribution in [3.63, 3.8) is 0 Å². The maximum Gasteiger partial charge on any atom is 0.268 e. The number of hydrogen-bond acceptors (Lipinski definition) is 5. The van der Waals surface area contributed by atoms with Crippen LogP contribution in [0.25, 0.3) is 0 Å². The first-order valence-electron chi connectivity index (χ1n) is 5.81. The number of likely N-dealkylation sites (N-methyl/N-ethyl adjacent to an activating group) is 1. The molecular formula is C11H20N4O2. The summed E-state index contributed by atoms with van der Waals surface area (Å²) in [6.45, 7) is 5.18. The summed E-state index contributed by atoms with van der Waals surface area (Å²) in [5, 5.41) is 10.2. The van der Waals surface area contributed by atoms with Crippen LogP contribution in [0.15, 0.2) is 17.1 Å². The van der Waals surface area contributed by atoms with Crippen molar-refractivity contribution in [2.24, 2.45) is 0 Å². The molecule has 0 unspecified atom stereocenters. The molecule has 0 bridgehead atoms. The van der Waals surface area contributed by atoms with Gasteiger partial charge in [0.2, 0.25) is 0 Å². The highest BCUT2D eigenvalue weighted by molar-refractivity contribution is 5.38. The smallest absolute Gasteiger partial charge is 0.268 e. The molecule has 1 rings (SSSR count). The zero-order valence-corrected chi connectivity index (χ0v) is 10.4. The van der Waals surface area contributed by atoms with Crippen molar-refractivity contribution in [2.45, 2.75) is 13.5 Å². The van der Waals surface area contributed by atoms with Gasteiger partial charge in [0.15, 0.2) is 0 Å². The van der Waals surface area contributed by atoms with E-state index in [-0.39, 0.29) is 5.56 Å². The molecule has 0 amide bonds. The van der Waals surface area contributed by atoms with Gasteiger partial charge in [-0.2, -0.15) is 5.10 Å². The maximum absolute atomic E-state index is 11.7. The topological polar surface area (TPSA) is 68.2 Å². The molecule has 0 atom stereocenters. The van der Waals surface area contributed by atoms with Crippen LogP contribution in [0.1, 0.15) is 6.92 Å². The lowest BCUT2D eigenvalue weighted by Crippen LogP contribution is -2.25. The Kier molecular flexibility index (Phi) is 6.27. The number of ether oxygens (including phenoxy) is 1. The minimum absolute atomic E-state index is 0.112. The van der Waals surface area contributed by atoms with E-state index in [1.54, 1.807) is 12.3 Å². The van der Waals surface area contributed by atoms with Gasteiger partial charge in [0.05, 0.1) is 25.0 Å². The summed E-state index contributed by atoms with van der Waals surface area (Å²) in [5.74, 6) is 0. The molecule has 1 heterocycles. The third-order valence-corrected chi connectivity index (χ3v) is 2.23. The summed E-state index contributed by atoms with van der Waals surface area (Å²) in [4.78, 5) is 11.7. The van der Waals surface area contributed by atoms with Gasteiger partial charge in [0, 0.05) is 25.8 Å². The Hall–Kier alpha value is -1.40. The van der Waals surface area contributed by atoms with E-state index in [1.165, 1.54) is 4.68 Å². The number of rotatable bonds is 8. The summed E-state index contributed by atoms with van der Waals surface area (Å²) in [6, 6.07) is 1.55. The van der Waals surface area contributed by atoms with Crippen molar-refractivity contribution in [1.29, 1.82) is 0 Å². The molecule has 0 aliphatic rings. The lowest BCUT2D eigenvalue weighted by atomic mass is 10.4. The van der Waals surface area contributed by atoms with Gasteiger partial charge in [-0.15, -0.1) is 0 Å². The number of anilines is 1. The lowest BCUT2D eigenvalue weighted by Gasteiger charge is -2.07. The second kappa shape index (κ2) is 7.81. The van der Waals surface area contributed by atoms with E-state index in [4.69, 9.17) is 4.74 Å². The largest absolute Gasteiger partial charge is 0.382 e. The fourth-order valence-electron chi connectivity index (χ4n) is 1.33. The van der Waals surface area contributed by atoms with E-state index in [0.29, 0.717) is 19.8 Å². The highest BCUT2D eigenvalue weighted by atomic mass is 16.5. The molecule has 0 fully saturated rings. The number of aromatic nitrogens is 2. The third-order valence-electron chi connectivity index (χ3n) is 2.23. The number of nitrogens with one attached hydrogen (secondary N) is 2. The summed E-state index contributed by atoms with van der Waals surface area (Å²) < 4.78 is 6.58. The van der Waals surface area contributed by atoms with E-state index in [2.05, 4.69) is 15.7 Å². The molecule has 0 saturated carbocycles. The third kappa shape index (κ3) is 4.97. The van der Waals surface area contributed by atoms with Gasteiger partial charge in [-0.25, -0.2) is 4.68 Å². The van der Waals surface area contributed by atoms with Gasteiger partial charge in [0.25, 0.3) is 5.56 Å². The summed E-state index contributed by atoms with van der Waals surface area (Å²) >= 11 is 0. The monoisotopic (exact) mass is 240 g/mol. The average Bonchev–Trinajstić information content (AvgIpc) is 2.32. The first kappa shape index (κ1) is 13.7. The fourth-order valence-corrected chi connectivity index (χ4v) is 1.33. The predicted octanol–water partition coefficient (Wildman–Crippen LogP) is -0.0889. The lowest BCUT2D eigenvalue weighted by molar-refractivity contribution is 0.135. The van der Waals surface area contributed by atoms with Crippen LogP contribution >= 0.6 is 0 Å². The molecule has 6 nitrogen and oxygen atoms in total. The molecule has 0 aliphatic carbocycles. The van der Waals surface area contributed by atoms with Crippen molar-refractivity contribution in [3.05, 3.63) is 22.6 Å². The highest BCUT2D eigenvalue weighted by Gasteiger charge is 1.99. The Bertz CT molecular complexity index is 378. The zero-order chi connectivity index (χ0) is 12.5. The van der Waals surface area contributed by atoms with Crippen LogP contribution in [0.5, 0.6) is 0 Å². The van der Waals surface area contributed by atoms with Crippen molar-refractivity contribution in [2.75, 3.05) is 38.7 Å². The second-order valence-corrected chi connectivity index (χ2v) is 3.53. The SMILES string of the molecule is CCOCCn1ncc(NCCNC)cc1=O. The molecule has 1 aromatic heterocycles. The van der Waals surface area contributed by atoms with Gasteiger partial charge in [0.1, 0.15) is 0 Å². The Balaban J connectivity index is 2.50. The van der Waals surface area contributed by atoms with E-state index in [1.807, 2.05) is 14.0 Å². The number of hydrogen-bond donors (Lipinski definition) is 2. The molecule has 96 valence electrons. The Morgan fingerprint density at radius 1 is 1.47 bits per heavy atom. The molecule has 6 heteroatoms. The minimum Gasteiger partial charge on any atom is -0.382 e. The normalized spacial score (nSPS) is 10.5. The van der Waals surface area contributed by atoms with Crippen molar-refractivity contribution >= 4 is 5.69 Å². The van der Waals surface area contributed by atoms with E-state index >= 15 is 0 Å². The van der Waals surface area contributed by atoms with Crippen LogP contribution in [0.3, 0.4) is 0 Å². The van der Waals surface area contributed by atoms with Crippen molar-refractivity contribution in [3.8, 4) is 0 Å². The summed E-state index contributed by atoms with van der Waals surface area (Å²) in [7, 11) is 1.88. The fraction of sp³-hybridized carbons (Fsp3) is 0.636.